The summed E-state index contributed by atoms with van der Waals surface area (Å²) in [7, 11) is 0. The molecule has 2 aromatic carbocycles. The van der Waals surface area contributed by atoms with Crippen molar-refractivity contribution in [3.8, 4) is 5.75 Å². The van der Waals surface area contributed by atoms with Crippen molar-refractivity contribution in [1.29, 1.82) is 0 Å². The Morgan fingerprint density at radius 3 is 2.79 bits per heavy atom. The number of benzene rings is 2. The van der Waals surface area contributed by atoms with Crippen LogP contribution in [0, 0.1) is 10.1 Å². The molecule has 2 aromatic heterocycles. The molecule has 2 heterocycles. The van der Waals surface area contributed by atoms with E-state index < -0.39 is 10.8 Å². The molecule has 0 saturated carbocycles. The fourth-order valence-electron chi connectivity index (χ4n) is 2.99. The maximum atomic E-state index is 12.6. The number of halogens is 2. The van der Waals surface area contributed by atoms with E-state index >= 15 is 0 Å². The lowest BCUT2D eigenvalue weighted by molar-refractivity contribution is -0.384. The summed E-state index contributed by atoms with van der Waals surface area (Å²) in [6.45, 7) is 0.439. The molecule has 0 bridgehead atoms. The number of rotatable bonds is 8. The number of ether oxygens (including phenoxy) is 1. The first-order chi connectivity index (χ1) is 15.9. The Balaban J connectivity index is 1.38. The monoisotopic (exact) mass is 486 g/mol. The first kappa shape index (κ1) is 22.4. The van der Waals surface area contributed by atoms with Crippen molar-refractivity contribution < 1.29 is 18.9 Å². The number of nitrogens with one attached hydrogen (secondary N) is 1. The number of carbonyl (C=O) groups excluding carboxylic acids is 1. The van der Waals surface area contributed by atoms with Gasteiger partial charge in [0.15, 0.2) is 5.76 Å². The van der Waals surface area contributed by atoms with Crippen molar-refractivity contribution >= 4 is 40.5 Å². The van der Waals surface area contributed by atoms with Gasteiger partial charge in [0.1, 0.15) is 18.1 Å². The molecule has 9 nitrogen and oxygen atoms in total. The second kappa shape index (κ2) is 9.76. The van der Waals surface area contributed by atoms with E-state index in [0.29, 0.717) is 23.0 Å². The summed E-state index contributed by atoms with van der Waals surface area (Å²) >= 11 is 11.9. The number of nitrogens with zero attached hydrogens (tertiary/aromatic N) is 3. The van der Waals surface area contributed by atoms with Crippen LogP contribution in [-0.4, -0.2) is 20.6 Å². The predicted molar refractivity (Wildman–Crippen MR) is 122 cm³/mol. The minimum Gasteiger partial charge on any atom is -0.484 e. The number of hydrogen-bond donors (Lipinski definition) is 1. The van der Waals surface area contributed by atoms with Gasteiger partial charge in [-0.25, -0.2) is 0 Å². The molecular weight excluding hydrogens is 471 g/mol. The van der Waals surface area contributed by atoms with Gasteiger partial charge in [0.25, 0.3) is 11.6 Å². The van der Waals surface area contributed by atoms with E-state index in [0.717, 1.165) is 5.56 Å². The van der Waals surface area contributed by atoms with Crippen LogP contribution in [0.3, 0.4) is 0 Å². The summed E-state index contributed by atoms with van der Waals surface area (Å²) < 4.78 is 12.8. The zero-order valence-corrected chi connectivity index (χ0v) is 18.4. The summed E-state index contributed by atoms with van der Waals surface area (Å²) in [4.78, 5) is 22.9. The number of nitro benzene ring substituents is 1. The van der Waals surface area contributed by atoms with Crippen LogP contribution in [0.4, 0.5) is 11.4 Å². The first-order valence-electron chi connectivity index (χ1n) is 9.61. The number of anilines is 1. The van der Waals surface area contributed by atoms with Crippen LogP contribution in [0.1, 0.15) is 21.9 Å². The number of amides is 1. The van der Waals surface area contributed by atoms with E-state index in [-0.39, 0.29) is 28.8 Å². The van der Waals surface area contributed by atoms with Gasteiger partial charge in [0, 0.05) is 18.0 Å². The molecule has 33 heavy (non-hydrogen) atoms. The van der Waals surface area contributed by atoms with Crippen LogP contribution in [0.15, 0.2) is 71.4 Å². The molecule has 0 fully saturated rings. The van der Waals surface area contributed by atoms with Gasteiger partial charge < -0.3 is 14.5 Å². The quantitative estimate of drug-likeness (QED) is 0.257. The number of hydrogen-bond acceptors (Lipinski definition) is 6. The van der Waals surface area contributed by atoms with E-state index in [1.807, 2.05) is 18.2 Å². The standard InChI is InChI=1S/C22H16Cl2N4O5/c23-15-10-25-27(12-15)11-14-2-1-3-16(8-14)26-22(29)20-7-5-18(33-20)13-32-21-9-17(28(30)31)4-6-19(21)24/h1-10,12H,11,13H2,(H,26,29). The van der Waals surface area contributed by atoms with Crippen LogP contribution in [0.25, 0.3) is 0 Å². The highest BCUT2D eigenvalue weighted by atomic mass is 35.5. The average molecular weight is 487 g/mol. The van der Waals surface area contributed by atoms with Gasteiger partial charge >= 0.3 is 0 Å². The maximum absolute atomic E-state index is 12.6. The molecule has 4 rings (SSSR count). The zero-order valence-electron chi connectivity index (χ0n) is 16.9. The van der Waals surface area contributed by atoms with Crippen molar-refractivity contribution in [1.82, 2.24) is 9.78 Å². The second-order valence-corrected chi connectivity index (χ2v) is 7.78. The third-order valence-corrected chi connectivity index (χ3v) is 5.02. The first-order valence-corrected chi connectivity index (χ1v) is 10.4. The molecule has 4 aromatic rings. The smallest absolute Gasteiger partial charge is 0.291 e. The molecule has 0 unspecified atom stereocenters. The highest BCUT2D eigenvalue weighted by Crippen LogP contribution is 2.29. The summed E-state index contributed by atoms with van der Waals surface area (Å²) in [6, 6.07) is 14.3. The van der Waals surface area contributed by atoms with Gasteiger partial charge in [0.05, 0.1) is 33.8 Å². The number of nitro groups is 1. The number of furan rings is 1. The van der Waals surface area contributed by atoms with Crippen LogP contribution >= 0.6 is 23.2 Å². The Morgan fingerprint density at radius 2 is 2.03 bits per heavy atom. The van der Waals surface area contributed by atoms with E-state index in [1.165, 1.54) is 24.3 Å². The van der Waals surface area contributed by atoms with Gasteiger partial charge in [-0.3, -0.25) is 19.6 Å². The molecule has 0 spiro atoms. The molecular formula is C22H16Cl2N4O5. The van der Waals surface area contributed by atoms with Crippen molar-refractivity contribution in [2.45, 2.75) is 13.2 Å². The van der Waals surface area contributed by atoms with Gasteiger partial charge in [-0.1, -0.05) is 35.3 Å². The van der Waals surface area contributed by atoms with E-state index in [1.54, 1.807) is 29.2 Å². The summed E-state index contributed by atoms with van der Waals surface area (Å²) in [6.07, 6.45) is 3.26. The van der Waals surface area contributed by atoms with E-state index in [9.17, 15) is 14.9 Å². The third-order valence-electron chi connectivity index (χ3n) is 4.51. The molecule has 0 radical (unpaired) electrons. The summed E-state index contributed by atoms with van der Waals surface area (Å²) in [5, 5.41) is 18.6. The Morgan fingerprint density at radius 1 is 1.18 bits per heavy atom. The largest absolute Gasteiger partial charge is 0.484 e. The maximum Gasteiger partial charge on any atom is 0.291 e. The molecule has 11 heteroatoms. The van der Waals surface area contributed by atoms with Gasteiger partial charge in [-0.05, 0) is 35.9 Å². The molecule has 0 aliphatic carbocycles. The fraction of sp³-hybridized carbons (Fsp3) is 0.0909. The van der Waals surface area contributed by atoms with Crippen molar-refractivity contribution in [2.75, 3.05) is 5.32 Å². The van der Waals surface area contributed by atoms with E-state index in [2.05, 4.69) is 10.4 Å². The Kier molecular flexibility index (Phi) is 6.62. The molecule has 0 atom stereocenters. The third kappa shape index (κ3) is 5.71. The van der Waals surface area contributed by atoms with Gasteiger partial charge in [0.2, 0.25) is 0 Å². The van der Waals surface area contributed by atoms with Gasteiger partial charge in [-0.15, -0.1) is 0 Å². The highest BCUT2D eigenvalue weighted by Gasteiger charge is 2.14. The normalized spacial score (nSPS) is 10.7. The molecule has 0 aliphatic rings. The SMILES string of the molecule is O=C(Nc1cccc(Cn2cc(Cl)cn2)c1)c1ccc(COc2cc([N+](=O)[O-])ccc2Cl)o1. The summed E-state index contributed by atoms with van der Waals surface area (Å²) in [5.74, 6) is 0.146. The van der Waals surface area contributed by atoms with Gasteiger partial charge in [-0.2, -0.15) is 5.10 Å². The van der Waals surface area contributed by atoms with Crippen LogP contribution < -0.4 is 10.1 Å². The fourth-order valence-corrected chi connectivity index (χ4v) is 3.32. The Hall–Kier alpha value is -3.82. The van der Waals surface area contributed by atoms with Crippen LogP contribution in [0.5, 0.6) is 5.75 Å². The lowest BCUT2D eigenvalue weighted by Gasteiger charge is -2.07. The molecule has 168 valence electrons. The molecule has 0 saturated heterocycles. The van der Waals surface area contributed by atoms with Crippen molar-refractivity contribution in [3.05, 3.63) is 104 Å². The zero-order chi connectivity index (χ0) is 23.4. The summed E-state index contributed by atoms with van der Waals surface area (Å²) in [5.41, 5.74) is 1.37. The minimum atomic E-state index is -0.544. The minimum absolute atomic E-state index is 0.0594. The number of carbonyl (C=O) groups is 1. The topological polar surface area (TPSA) is 112 Å². The van der Waals surface area contributed by atoms with Crippen LogP contribution in [-0.2, 0) is 13.2 Å². The van der Waals surface area contributed by atoms with E-state index in [4.69, 9.17) is 32.4 Å². The predicted octanol–water partition coefficient (Wildman–Crippen LogP) is 5.57. The average Bonchev–Trinajstić information content (AvgIpc) is 3.42. The highest BCUT2D eigenvalue weighted by molar-refractivity contribution is 6.32. The number of aromatic nitrogens is 2. The van der Waals surface area contributed by atoms with Crippen molar-refractivity contribution in [3.63, 3.8) is 0 Å². The molecule has 1 N–H and O–H groups in total. The Bertz CT molecular complexity index is 1320. The van der Waals surface area contributed by atoms with Crippen LogP contribution in [0.2, 0.25) is 10.0 Å². The second-order valence-electron chi connectivity index (χ2n) is 6.94. The Labute approximate surface area is 197 Å². The lowest BCUT2D eigenvalue weighted by Crippen LogP contribution is -2.11. The molecule has 1 amide bonds. The molecule has 0 aliphatic heterocycles. The number of non-ortho nitro benzene ring substituents is 1. The van der Waals surface area contributed by atoms with Crippen molar-refractivity contribution in [2.24, 2.45) is 0 Å². The lowest BCUT2D eigenvalue weighted by atomic mass is 10.2.